The Bertz CT molecular complexity index is 816. The van der Waals surface area contributed by atoms with Crippen molar-refractivity contribution in [2.75, 3.05) is 14.1 Å². The Morgan fingerprint density at radius 2 is 1.52 bits per heavy atom. The van der Waals surface area contributed by atoms with Gasteiger partial charge >= 0.3 is 0 Å². The molecule has 0 aliphatic heterocycles. The molecule has 5 heteroatoms. The maximum absolute atomic E-state index is 13.9. The molecule has 0 saturated heterocycles. The lowest BCUT2D eigenvalue weighted by Gasteiger charge is -2.30. The minimum atomic E-state index is -0.330. The predicted molar refractivity (Wildman–Crippen MR) is 103 cm³/mol. The average molecular weight is 368 g/mol. The molecule has 2 aromatic carbocycles. The molecule has 27 heavy (non-hydrogen) atoms. The lowest BCUT2D eigenvalue weighted by molar-refractivity contribution is 0.0185. The smallest absolute Gasteiger partial charge is 0.267 e. The number of rotatable bonds is 3. The maximum Gasteiger partial charge on any atom is 0.272 e. The zero-order valence-electron chi connectivity index (χ0n) is 15.8. The molecule has 1 saturated carbocycles. The number of carbonyl (C=O) groups is 2. The highest BCUT2D eigenvalue weighted by Crippen LogP contribution is 2.35. The van der Waals surface area contributed by atoms with Gasteiger partial charge in [0.1, 0.15) is 5.82 Å². The van der Waals surface area contributed by atoms with E-state index in [1.165, 1.54) is 28.6 Å². The van der Waals surface area contributed by atoms with Crippen LogP contribution in [0.2, 0.25) is 0 Å². The van der Waals surface area contributed by atoms with Crippen LogP contribution in [0.25, 0.3) is 0 Å². The predicted octanol–water partition coefficient (Wildman–Crippen LogP) is 4.63. The molecule has 2 amide bonds. The Balaban J connectivity index is 1.85. The van der Waals surface area contributed by atoms with Gasteiger partial charge in [0.2, 0.25) is 0 Å². The lowest BCUT2D eigenvalue weighted by Crippen LogP contribution is -2.45. The van der Waals surface area contributed by atoms with E-state index in [4.69, 9.17) is 0 Å². The van der Waals surface area contributed by atoms with Gasteiger partial charge in [-0.05, 0) is 54.7 Å². The van der Waals surface area contributed by atoms with Gasteiger partial charge in [-0.15, -0.1) is 0 Å². The second-order valence-electron chi connectivity index (χ2n) is 7.09. The van der Waals surface area contributed by atoms with Crippen molar-refractivity contribution in [3.8, 4) is 0 Å². The molecule has 0 heterocycles. The van der Waals surface area contributed by atoms with Gasteiger partial charge in [0.15, 0.2) is 0 Å². The summed E-state index contributed by atoms with van der Waals surface area (Å²) in [6, 6.07) is 13.2. The molecule has 0 radical (unpaired) electrons. The molecule has 1 aliphatic carbocycles. The largest absolute Gasteiger partial charge is 0.272 e. The SMILES string of the molecule is CN(C(=O)c1ccccc1)N(C)C(=O)c1ccc(F)cc1C1CCCCC1. The number of amides is 2. The average Bonchev–Trinajstić information content (AvgIpc) is 2.72. The van der Waals surface area contributed by atoms with Gasteiger partial charge in [-0.1, -0.05) is 37.5 Å². The third-order valence-corrected chi connectivity index (χ3v) is 5.35. The van der Waals surface area contributed by atoms with E-state index in [-0.39, 0.29) is 23.5 Å². The highest BCUT2D eigenvalue weighted by molar-refractivity contribution is 5.99. The van der Waals surface area contributed by atoms with Gasteiger partial charge in [0.05, 0.1) is 0 Å². The fourth-order valence-corrected chi connectivity index (χ4v) is 3.69. The summed E-state index contributed by atoms with van der Waals surface area (Å²) in [5.41, 5.74) is 1.73. The highest BCUT2D eigenvalue weighted by Gasteiger charge is 2.27. The molecule has 1 aliphatic rings. The minimum Gasteiger partial charge on any atom is -0.267 e. The zero-order valence-corrected chi connectivity index (χ0v) is 15.8. The molecule has 142 valence electrons. The van der Waals surface area contributed by atoms with E-state index >= 15 is 0 Å². The fraction of sp³-hybridized carbons (Fsp3) is 0.364. The van der Waals surface area contributed by atoms with Crippen molar-refractivity contribution in [1.82, 2.24) is 10.0 Å². The van der Waals surface area contributed by atoms with Crippen LogP contribution in [0.4, 0.5) is 4.39 Å². The van der Waals surface area contributed by atoms with Crippen LogP contribution in [0, 0.1) is 5.82 Å². The van der Waals surface area contributed by atoms with Crippen molar-refractivity contribution < 1.29 is 14.0 Å². The molecule has 2 aromatic rings. The van der Waals surface area contributed by atoms with Crippen LogP contribution in [-0.2, 0) is 0 Å². The van der Waals surface area contributed by atoms with Crippen LogP contribution in [0.15, 0.2) is 48.5 Å². The van der Waals surface area contributed by atoms with E-state index in [1.54, 1.807) is 44.4 Å². The normalized spacial score (nSPS) is 14.6. The van der Waals surface area contributed by atoms with Crippen LogP contribution >= 0.6 is 0 Å². The zero-order chi connectivity index (χ0) is 19.4. The number of carbonyl (C=O) groups excluding carboxylic acids is 2. The van der Waals surface area contributed by atoms with Gasteiger partial charge in [0.25, 0.3) is 11.8 Å². The highest BCUT2D eigenvalue weighted by atomic mass is 19.1. The summed E-state index contributed by atoms with van der Waals surface area (Å²) in [6.07, 6.45) is 5.30. The first-order chi connectivity index (χ1) is 13.0. The van der Waals surface area contributed by atoms with Crippen molar-refractivity contribution in [1.29, 1.82) is 0 Å². The first-order valence-electron chi connectivity index (χ1n) is 9.39. The van der Waals surface area contributed by atoms with Crippen LogP contribution in [0.3, 0.4) is 0 Å². The second kappa shape index (κ2) is 8.33. The second-order valence-corrected chi connectivity index (χ2v) is 7.09. The van der Waals surface area contributed by atoms with Crippen LogP contribution < -0.4 is 0 Å². The summed E-state index contributed by atoms with van der Waals surface area (Å²) in [7, 11) is 3.13. The fourth-order valence-electron chi connectivity index (χ4n) is 3.69. The monoisotopic (exact) mass is 368 g/mol. The van der Waals surface area contributed by atoms with Gasteiger partial charge in [-0.2, -0.15) is 0 Å². The first-order valence-corrected chi connectivity index (χ1v) is 9.39. The van der Waals surface area contributed by atoms with Gasteiger partial charge in [0, 0.05) is 25.2 Å². The quantitative estimate of drug-likeness (QED) is 0.741. The van der Waals surface area contributed by atoms with Crippen LogP contribution in [-0.4, -0.2) is 35.9 Å². The van der Waals surface area contributed by atoms with Crippen molar-refractivity contribution in [2.24, 2.45) is 0 Å². The number of benzene rings is 2. The molecular formula is C22H25FN2O2. The molecule has 1 fully saturated rings. The number of nitrogens with zero attached hydrogens (tertiary/aromatic N) is 2. The third kappa shape index (κ3) is 4.18. The van der Waals surface area contributed by atoms with Crippen LogP contribution in [0.5, 0.6) is 0 Å². The summed E-state index contributed by atoms with van der Waals surface area (Å²) >= 11 is 0. The Hall–Kier alpha value is -2.69. The van der Waals surface area contributed by atoms with Crippen molar-refractivity contribution in [3.05, 3.63) is 71.0 Å². The molecule has 0 unspecified atom stereocenters. The van der Waals surface area contributed by atoms with E-state index in [0.717, 1.165) is 31.2 Å². The van der Waals surface area contributed by atoms with Gasteiger partial charge in [-0.25, -0.2) is 4.39 Å². The molecule has 0 bridgehead atoms. The molecule has 0 spiro atoms. The van der Waals surface area contributed by atoms with Crippen molar-refractivity contribution >= 4 is 11.8 Å². The lowest BCUT2D eigenvalue weighted by atomic mass is 9.82. The molecule has 0 aromatic heterocycles. The summed E-state index contributed by atoms with van der Waals surface area (Å²) in [5.74, 6) is -0.712. The minimum absolute atomic E-state index is 0.192. The number of hydrogen-bond donors (Lipinski definition) is 0. The molecule has 4 nitrogen and oxygen atoms in total. The van der Waals surface area contributed by atoms with E-state index < -0.39 is 0 Å². The maximum atomic E-state index is 13.9. The molecule has 0 atom stereocenters. The Labute approximate surface area is 159 Å². The van der Waals surface area contributed by atoms with E-state index in [2.05, 4.69) is 0 Å². The van der Waals surface area contributed by atoms with Gasteiger partial charge in [-0.3, -0.25) is 19.6 Å². The van der Waals surface area contributed by atoms with E-state index in [0.29, 0.717) is 11.1 Å². The topological polar surface area (TPSA) is 40.6 Å². The number of hydrazine groups is 1. The third-order valence-electron chi connectivity index (χ3n) is 5.35. The Kier molecular flexibility index (Phi) is 5.89. The summed E-state index contributed by atoms with van der Waals surface area (Å²) in [6.45, 7) is 0. The molecule has 3 rings (SSSR count). The summed E-state index contributed by atoms with van der Waals surface area (Å²) in [4.78, 5) is 25.7. The van der Waals surface area contributed by atoms with Crippen molar-refractivity contribution in [3.63, 3.8) is 0 Å². The number of halogens is 1. The van der Waals surface area contributed by atoms with E-state index in [1.807, 2.05) is 6.07 Å². The molecular weight excluding hydrogens is 343 g/mol. The van der Waals surface area contributed by atoms with Gasteiger partial charge < -0.3 is 0 Å². The summed E-state index contributed by atoms with van der Waals surface area (Å²) < 4.78 is 13.9. The summed E-state index contributed by atoms with van der Waals surface area (Å²) in [5, 5.41) is 2.60. The first kappa shape index (κ1) is 19.1. The Morgan fingerprint density at radius 3 is 2.19 bits per heavy atom. The number of hydrogen-bond acceptors (Lipinski definition) is 2. The Morgan fingerprint density at radius 1 is 0.889 bits per heavy atom. The van der Waals surface area contributed by atoms with Crippen LogP contribution in [0.1, 0.15) is 64.3 Å². The van der Waals surface area contributed by atoms with E-state index in [9.17, 15) is 14.0 Å². The van der Waals surface area contributed by atoms with Crippen molar-refractivity contribution in [2.45, 2.75) is 38.0 Å². The standard InChI is InChI=1S/C22H25FN2O2/c1-24(21(26)17-11-7-4-8-12-17)25(2)22(27)19-14-13-18(23)15-20(19)16-9-5-3-6-10-16/h4,7-8,11-16H,3,5-6,9-10H2,1-2H3. The molecule has 0 N–H and O–H groups in total.